The highest BCUT2D eigenvalue weighted by atomic mass is 35.5. The Balaban J connectivity index is 1.88. The average molecular weight is 370 g/mol. The summed E-state index contributed by atoms with van der Waals surface area (Å²) in [5.74, 6) is -0.430. The van der Waals surface area contributed by atoms with Crippen LogP contribution >= 0.6 is 35.0 Å². The molecule has 2 aromatic rings. The number of hydrogen-bond acceptors (Lipinski definition) is 2. The van der Waals surface area contributed by atoms with Gasteiger partial charge in [-0.15, -0.1) is 11.8 Å². The van der Waals surface area contributed by atoms with E-state index in [-0.39, 0.29) is 17.8 Å². The lowest BCUT2D eigenvalue weighted by atomic mass is 10.1. The molecule has 2 aromatic carbocycles. The highest BCUT2D eigenvalue weighted by molar-refractivity contribution is 8.00. The minimum absolute atomic E-state index is 0.0971. The number of halogens is 3. The summed E-state index contributed by atoms with van der Waals surface area (Å²) in [6, 6.07) is 11.3. The topological polar surface area (TPSA) is 29.1 Å². The zero-order chi connectivity index (χ0) is 16.4. The molecule has 1 saturated carbocycles. The first-order valence-electron chi connectivity index (χ1n) is 7.20. The van der Waals surface area contributed by atoms with E-state index in [2.05, 4.69) is 5.32 Å². The number of rotatable bonds is 5. The van der Waals surface area contributed by atoms with Gasteiger partial charge < -0.3 is 5.32 Å². The standard InChI is InChI=1S/C17H14Cl2FNOS/c18-11-3-8-14(19)15(9-11)23-16(17(22)21-13-6-7-13)10-1-4-12(20)5-2-10/h1-5,8-9,13,16H,6-7H2,(H,21,22)/t16-/m0/s1. The van der Waals surface area contributed by atoms with Crippen LogP contribution < -0.4 is 5.32 Å². The lowest BCUT2D eigenvalue weighted by molar-refractivity contribution is -0.120. The van der Waals surface area contributed by atoms with Gasteiger partial charge in [-0.25, -0.2) is 4.39 Å². The molecule has 6 heteroatoms. The van der Waals surface area contributed by atoms with Crippen LogP contribution in [0.4, 0.5) is 4.39 Å². The Morgan fingerprint density at radius 2 is 1.87 bits per heavy atom. The van der Waals surface area contributed by atoms with Crippen LogP contribution in [0, 0.1) is 5.82 Å². The molecule has 1 fully saturated rings. The smallest absolute Gasteiger partial charge is 0.238 e. The van der Waals surface area contributed by atoms with Crippen molar-refractivity contribution in [2.24, 2.45) is 0 Å². The van der Waals surface area contributed by atoms with Crippen LogP contribution in [-0.2, 0) is 4.79 Å². The maximum atomic E-state index is 13.2. The van der Waals surface area contributed by atoms with E-state index in [0.29, 0.717) is 10.0 Å². The summed E-state index contributed by atoms with van der Waals surface area (Å²) in [6.45, 7) is 0. The molecule has 0 unspecified atom stereocenters. The highest BCUT2D eigenvalue weighted by Gasteiger charge is 2.29. The van der Waals surface area contributed by atoms with Gasteiger partial charge in [-0.1, -0.05) is 35.3 Å². The van der Waals surface area contributed by atoms with E-state index in [0.717, 1.165) is 23.3 Å². The molecular formula is C17H14Cl2FNOS. The number of nitrogens with one attached hydrogen (secondary N) is 1. The largest absolute Gasteiger partial charge is 0.352 e. The van der Waals surface area contributed by atoms with Gasteiger partial charge >= 0.3 is 0 Å². The molecule has 3 rings (SSSR count). The van der Waals surface area contributed by atoms with Crippen molar-refractivity contribution in [2.45, 2.75) is 29.0 Å². The molecule has 0 aromatic heterocycles. The summed E-state index contributed by atoms with van der Waals surface area (Å²) in [7, 11) is 0. The third-order valence-corrected chi connectivity index (χ3v) is 5.46. The third kappa shape index (κ3) is 4.40. The van der Waals surface area contributed by atoms with Crippen LogP contribution in [0.3, 0.4) is 0 Å². The van der Waals surface area contributed by atoms with Crippen LogP contribution in [0.1, 0.15) is 23.7 Å². The molecule has 1 aliphatic rings. The second kappa shape index (κ2) is 7.12. The average Bonchev–Trinajstić information content (AvgIpc) is 3.33. The maximum absolute atomic E-state index is 13.2. The monoisotopic (exact) mass is 369 g/mol. The van der Waals surface area contributed by atoms with Gasteiger partial charge in [-0.2, -0.15) is 0 Å². The molecule has 1 atom stereocenters. The zero-order valence-electron chi connectivity index (χ0n) is 12.1. The minimum atomic E-state index is -0.507. The number of benzene rings is 2. The molecule has 0 spiro atoms. The quantitative estimate of drug-likeness (QED) is 0.729. The Morgan fingerprint density at radius 1 is 1.17 bits per heavy atom. The van der Waals surface area contributed by atoms with Gasteiger partial charge in [-0.3, -0.25) is 4.79 Å². The van der Waals surface area contributed by atoms with E-state index in [4.69, 9.17) is 23.2 Å². The SMILES string of the molecule is O=C(NC1CC1)[C@@H](Sc1cc(Cl)ccc1Cl)c1ccc(F)cc1. The Bertz CT molecular complexity index is 719. The molecule has 0 saturated heterocycles. The van der Waals surface area contributed by atoms with Crippen molar-refractivity contribution in [3.8, 4) is 0 Å². The van der Waals surface area contributed by atoms with E-state index in [1.165, 1.54) is 23.9 Å². The number of amides is 1. The van der Waals surface area contributed by atoms with Gasteiger partial charge in [0.1, 0.15) is 11.1 Å². The van der Waals surface area contributed by atoms with Crippen molar-refractivity contribution in [1.82, 2.24) is 5.32 Å². The van der Waals surface area contributed by atoms with E-state index >= 15 is 0 Å². The minimum Gasteiger partial charge on any atom is -0.352 e. The van der Waals surface area contributed by atoms with Gasteiger partial charge in [-0.05, 0) is 48.7 Å². The number of hydrogen-bond donors (Lipinski definition) is 1. The van der Waals surface area contributed by atoms with Crippen molar-refractivity contribution < 1.29 is 9.18 Å². The molecule has 23 heavy (non-hydrogen) atoms. The Morgan fingerprint density at radius 3 is 2.52 bits per heavy atom. The summed E-state index contributed by atoms with van der Waals surface area (Å²) in [5.41, 5.74) is 0.727. The molecule has 2 nitrogen and oxygen atoms in total. The molecule has 1 N–H and O–H groups in total. The normalized spacial score (nSPS) is 15.3. The number of carbonyl (C=O) groups is 1. The van der Waals surface area contributed by atoms with Gasteiger partial charge in [0.05, 0.1) is 5.02 Å². The van der Waals surface area contributed by atoms with Crippen LogP contribution in [0.25, 0.3) is 0 Å². The van der Waals surface area contributed by atoms with E-state index in [1.54, 1.807) is 30.3 Å². The van der Waals surface area contributed by atoms with Crippen molar-refractivity contribution in [3.05, 3.63) is 63.9 Å². The first-order chi connectivity index (χ1) is 11.0. The van der Waals surface area contributed by atoms with Crippen LogP contribution in [0.5, 0.6) is 0 Å². The van der Waals surface area contributed by atoms with Crippen LogP contribution in [-0.4, -0.2) is 11.9 Å². The first-order valence-corrected chi connectivity index (χ1v) is 8.84. The summed E-state index contributed by atoms with van der Waals surface area (Å²) in [4.78, 5) is 13.3. The van der Waals surface area contributed by atoms with E-state index in [1.807, 2.05) is 0 Å². The predicted octanol–water partition coefficient (Wildman–Crippen LogP) is 5.24. The van der Waals surface area contributed by atoms with Crippen molar-refractivity contribution in [2.75, 3.05) is 0 Å². The van der Waals surface area contributed by atoms with Gasteiger partial charge in [0, 0.05) is 16.0 Å². The van der Waals surface area contributed by atoms with Crippen molar-refractivity contribution >= 4 is 40.9 Å². The molecule has 0 aliphatic heterocycles. The molecular weight excluding hydrogens is 356 g/mol. The van der Waals surface area contributed by atoms with Crippen LogP contribution in [0.2, 0.25) is 10.0 Å². The van der Waals surface area contributed by atoms with Crippen molar-refractivity contribution in [3.63, 3.8) is 0 Å². The molecule has 0 radical (unpaired) electrons. The fourth-order valence-electron chi connectivity index (χ4n) is 2.11. The Labute approximate surface area is 148 Å². The second-order valence-electron chi connectivity index (χ2n) is 5.41. The summed E-state index contributed by atoms with van der Waals surface area (Å²) in [5, 5.41) is 3.57. The van der Waals surface area contributed by atoms with E-state index in [9.17, 15) is 9.18 Å². The molecule has 0 bridgehead atoms. The summed E-state index contributed by atoms with van der Waals surface area (Å²) >= 11 is 13.5. The van der Waals surface area contributed by atoms with Crippen molar-refractivity contribution in [1.29, 1.82) is 0 Å². The summed E-state index contributed by atoms with van der Waals surface area (Å²) in [6.07, 6.45) is 2.01. The third-order valence-electron chi connectivity index (χ3n) is 3.47. The lowest BCUT2D eigenvalue weighted by Crippen LogP contribution is -2.29. The summed E-state index contributed by atoms with van der Waals surface area (Å²) < 4.78 is 13.2. The molecule has 0 heterocycles. The lowest BCUT2D eigenvalue weighted by Gasteiger charge is -2.18. The predicted molar refractivity (Wildman–Crippen MR) is 92.6 cm³/mol. The van der Waals surface area contributed by atoms with Gasteiger partial charge in [0.15, 0.2) is 0 Å². The van der Waals surface area contributed by atoms with Gasteiger partial charge in [0.2, 0.25) is 5.91 Å². The van der Waals surface area contributed by atoms with E-state index < -0.39 is 5.25 Å². The molecule has 120 valence electrons. The fraction of sp³-hybridized carbons (Fsp3) is 0.235. The number of thioether (sulfide) groups is 1. The first kappa shape index (κ1) is 16.6. The maximum Gasteiger partial charge on any atom is 0.238 e. The second-order valence-corrected chi connectivity index (χ2v) is 7.40. The fourth-order valence-corrected chi connectivity index (χ4v) is 3.70. The number of carbonyl (C=O) groups excluding carboxylic acids is 1. The zero-order valence-corrected chi connectivity index (χ0v) is 14.4. The molecule has 1 amide bonds. The Hall–Kier alpha value is -1.23. The highest BCUT2D eigenvalue weighted by Crippen LogP contribution is 2.40. The van der Waals surface area contributed by atoms with Crippen LogP contribution in [0.15, 0.2) is 47.4 Å². The molecule has 1 aliphatic carbocycles. The Kier molecular flexibility index (Phi) is 5.14. The van der Waals surface area contributed by atoms with Gasteiger partial charge in [0.25, 0.3) is 0 Å².